The second kappa shape index (κ2) is 7.54. The highest BCUT2D eigenvalue weighted by Gasteiger charge is 2.24. The fraction of sp³-hybridized carbons (Fsp3) is 0.476. The number of aromatic nitrogens is 2. The maximum atomic E-state index is 12.7. The van der Waals surface area contributed by atoms with Crippen LogP contribution in [0.4, 0.5) is 0 Å². The van der Waals surface area contributed by atoms with E-state index >= 15 is 0 Å². The largest absolute Gasteiger partial charge is 0.338 e. The molecule has 0 radical (unpaired) electrons. The molecule has 4 rings (SSSR count). The van der Waals surface area contributed by atoms with Gasteiger partial charge in [-0.15, -0.1) is 0 Å². The summed E-state index contributed by atoms with van der Waals surface area (Å²) in [5.41, 5.74) is 4.47. The SMILES string of the molecule is Cc1cccc(CC(=O)N2CCc3nc([C@H]4CCCCN4)ncc3C2)c1. The average molecular weight is 350 g/mol. The smallest absolute Gasteiger partial charge is 0.227 e. The standard InChI is InChI=1S/C21H26N4O/c1-15-5-4-6-16(11-15)12-20(26)25-10-8-18-17(14-25)13-23-21(24-18)19-7-2-3-9-22-19/h4-6,11,13,19,22H,2-3,7-10,12,14H2,1H3/t19-/m1/s1. The zero-order chi connectivity index (χ0) is 17.9. The van der Waals surface area contributed by atoms with Gasteiger partial charge in [0.05, 0.1) is 18.2 Å². The molecule has 0 saturated carbocycles. The molecule has 1 N–H and O–H groups in total. The molecule has 0 unspecified atom stereocenters. The van der Waals surface area contributed by atoms with Gasteiger partial charge in [0.1, 0.15) is 5.82 Å². The molecule has 1 amide bonds. The van der Waals surface area contributed by atoms with E-state index in [2.05, 4.69) is 29.4 Å². The van der Waals surface area contributed by atoms with Gasteiger partial charge in [-0.3, -0.25) is 4.79 Å². The average Bonchev–Trinajstić information content (AvgIpc) is 2.68. The maximum Gasteiger partial charge on any atom is 0.227 e. The summed E-state index contributed by atoms with van der Waals surface area (Å²) >= 11 is 0. The minimum atomic E-state index is 0.180. The number of nitrogens with zero attached hydrogens (tertiary/aromatic N) is 3. The van der Waals surface area contributed by atoms with E-state index in [0.717, 1.165) is 48.6 Å². The summed E-state index contributed by atoms with van der Waals surface area (Å²) in [6.07, 6.45) is 6.79. The summed E-state index contributed by atoms with van der Waals surface area (Å²) in [5, 5.41) is 3.51. The van der Waals surface area contributed by atoms with Gasteiger partial charge in [-0.05, 0) is 31.9 Å². The van der Waals surface area contributed by atoms with Crippen molar-refractivity contribution in [1.29, 1.82) is 0 Å². The molecule has 2 aliphatic rings. The monoisotopic (exact) mass is 350 g/mol. The quantitative estimate of drug-likeness (QED) is 0.925. The van der Waals surface area contributed by atoms with E-state index in [4.69, 9.17) is 4.98 Å². The molecule has 0 spiro atoms. The Kier molecular flexibility index (Phi) is 4.98. The lowest BCUT2D eigenvalue weighted by atomic mass is 10.0. The predicted octanol–water partition coefficient (Wildman–Crippen LogP) is 2.73. The third-order valence-corrected chi connectivity index (χ3v) is 5.37. The first-order valence-corrected chi connectivity index (χ1v) is 9.60. The molecule has 1 fully saturated rings. The van der Waals surface area contributed by atoms with E-state index in [1.54, 1.807) is 0 Å². The second-order valence-corrected chi connectivity index (χ2v) is 7.43. The van der Waals surface area contributed by atoms with Crippen molar-refractivity contribution in [3.8, 4) is 0 Å². The highest BCUT2D eigenvalue weighted by molar-refractivity contribution is 5.79. The number of benzene rings is 1. The molecule has 0 bridgehead atoms. The third kappa shape index (κ3) is 3.78. The van der Waals surface area contributed by atoms with Crippen molar-refractivity contribution < 1.29 is 4.79 Å². The molecule has 136 valence electrons. The topological polar surface area (TPSA) is 58.1 Å². The lowest BCUT2D eigenvalue weighted by Crippen LogP contribution is -2.38. The van der Waals surface area contributed by atoms with Gasteiger partial charge in [-0.1, -0.05) is 36.2 Å². The molecular formula is C21H26N4O. The zero-order valence-corrected chi connectivity index (χ0v) is 15.4. The number of piperidine rings is 1. The number of fused-ring (bicyclic) bond motifs is 1. The minimum absolute atomic E-state index is 0.180. The van der Waals surface area contributed by atoms with Crippen LogP contribution < -0.4 is 5.32 Å². The number of nitrogens with one attached hydrogen (secondary N) is 1. The molecule has 1 saturated heterocycles. The molecule has 2 aromatic rings. The number of carbonyl (C=O) groups excluding carboxylic acids is 1. The van der Waals surface area contributed by atoms with Crippen LogP contribution in [0.25, 0.3) is 0 Å². The molecule has 1 aromatic carbocycles. The summed E-state index contributed by atoms with van der Waals surface area (Å²) < 4.78 is 0. The Labute approximate surface area is 154 Å². The normalized spacial score (nSPS) is 19.9. The van der Waals surface area contributed by atoms with E-state index < -0.39 is 0 Å². The molecule has 5 heteroatoms. The van der Waals surface area contributed by atoms with Crippen LogP contribution >= 0.6 is 0 Å². The van der Waals surface area contributed by atoms with Crippen molar-refractivity contribution in [3.63, 3.8) is 0 Å². The molecule has 3 heterocycles. The third-order valence-electron chi connectivity index (χ3n) is 5.37. The summed E-state index contributed by atoms with van der Waals surface area (Å²) in [6, 6.07) is 8.46. The van der Waals surface area contributed by atoms with Crippen LogP contribution in [0.15, 0.2) is 30.5 Å². The van der Waals surface area contributed by atoms with E-state index in [1.165, 1.54) is 18.4 Å². The fourth-order valence-electron chi connectivity index (χ4n) is 3.89. The highest BCUT2D eigenvalue weighted by atomic mass is 16.2. The summed E-state index contributed by atoms with van der Waals surface area (Å²) in [5.74, 6) is 1.10. The van der Waals surface area contributed by atoms with Crippen LogP contribution in [-0.4, -0.2) is 33.9 Å². The van der Waals surface area contributed by atoms with Gasteiger partial charge in [0.25, 0.3) is 0 Å². The van der Waals surface area contributed by atoms with Crippen LogP contribution in [0.3, 0.4) is 0 Å². The van der Waals surface area contributed by atoms with E-state index in [-0.39, 0.29) is 11.9 Å². The Morgan fingerprint density at radius 2 is 2.27 bits per heavy atom. The molecule has 26 heavy (non-hydrogen) atoms. The van der Waals surface area contributed by atoms with Gasteiger partial charge in [0.15, 0.2) is 0 Å². The fourth-order valence-corrected chi connectivity index (χ4v) is 3.89. The number of aryl methyl sites for hydroxylation is 1. The van der Waals surface area contributed by atoms with Gasteiger partial charge in [0, 0.05) is 31.3 Å². The molecule has 1 aromatic heterocycles. The van der Waals surface area contributed by atoms with Crippen molar-refractivity contribution in [2.45, 2.75) is 51.6 Å². The van der Waals surface area contributed by atoms with Gasteiger partial charge >= 0.3 is 0 Å². The van der Waals surface area contributed by atoms with Gasteiger partial charge in [-0.25, -0.2) is 9.97 Å². The lowest BCUT2D eigenvalue weighted by molar-refractivity contribution is -0.131. The van der Waals surface area contributed by atoms with E-state index in [9.17, 15) is 4.79 Å². The van der Waals surface area contributed by atoms with Crippen molar-refractivity contribution in [1.82, 2.24) is 20.2 Å². The Hall–Kier alpha value is -2.27. The van der Waals surface area contributed by atoms with Crippen LogP contribution in [0, 0.1) is 6.92 Å². The molecule has 2 aliphatic heterocycles. The van der Waals surface area contributed by atoms with Crippen LogP contribution in [-0.2, 0) is 24.2 Å². The predicted molar refractivity (Wildman–Crippen MR) is 101 cm³/mol. The van der Waals surface area contributed by atoms with Crippen molar-refractivity contribution in [2.75, 3.05) is 13.1 Å². The number of rotatable bonds is 3. The Balaban J connectivity index is 1.43. The summed E-state index contributed by atoms with van der Waals surface area (Å²) in [4.78, 5) is 24.0. The van der Waals surface area contributed by atoms with Crippen molar-refractivity contribution >= 4 is 5.91 Å². The molecule has 1 atom stereocenters. The lowest BCUT2D eigenvalue weighted by Gasteiger charge is -2.29. The van der Waals surface area contributed by atoms with Gasteiger partial charge < -0.3 is 10.2 Å². The Morgan fingerprint density at radius 1 is 1.35 bits per heavy atom. The number of hydrogen-bond acceptors (Lipinski definition) is 4. The van der Waals surface area contributed by atoms with Gasteiger partial charge in [-0.2, -0.15) is 0 Å². The molecule has 5 nitrogen and oxygen atoms in total. The van der Waals surface area contributed by atoms with Crippen LogP contribution in [0.1, 0.15) is 53.5 Å². The summed E-state index contributed by atoms with van der Waals surface area (Å²) in [6.45, 7) is 4.47. The summed E-state index contributed by atoms with van der Waals surface area (Å²) in [7, 11) is 0. The molecule has 0 aliphatic carbocycles. The van der Waals surface area contributed by atoms with Crippen LogP contribution in [0.2, 0.25) is 0 Å². The maximum absolute atomic E-state index is 12.7. The number of carbonyl (C=O) groups is 1. The molecular weight excluding hydrogens is 324 g/mol. The first-order chi connectivity index (χ1) is 12.7. The van der Waals surface area contributed by atoms with E-state index in [0.29, 0.717) is 13.0 Å². The first kappa shape index (κ1) is 17.2. The van der Waals surface area contributed by atoms with Crippen LogP contribution in [0.5, 0.6) is 0 Å². The second-order valence-electron chi connectivity index (χ2n) is 7.43. The Bertz CT molecular complexity index is 798. The first-order valence-electron chi connectivity index (χ1n) is 9.60. The highest BCUT2D eigenvalue weighted by Crippen LogP contribution is 2.23. The number of amides is 1. The van der Waals surface area contributed by atoms with Gasteiger partial charge in [0.2, 0.25) is 5.91 Å². The number of hydrogen-bond donors (Lipinski definition) is 1. The van der Waals surface area contributed by atoms with E-state index in [1.807, 2.05) is 23.2 Å². The van der Waals surface area contributed by atoms with Crippen molar-refractivity contribution in [3.05, 3.63) is 58.7 Å². The Morgan fingerprint density at radius 3 is 3.08 bits per heavy atom. The minimum Gasteiger partial charge on any atom is -0.338 e. The zero-order valence-electron chi connectivity index (χ0n) is 15.4. The van der Waals surface area contributed by atoms with Crippen molar-refractivity contribution in [2.24, 2.45) is 0 Å².